The smallest absolute Gasteiger partial charge is 0.338 e. The van der Waals surface area contributed by atoms with Crippen LogP contribution in [0.1, 0.15) is 35.0 Å². The van der Waals surface area contributed by atoms with Crippen molar-refractivity contribution in [2.45, 2.75) is 19.4 Å². The second kappa shape index (κ2) is 10.8. The molecular weight excluding hydrogens is 532 g/mol. The molecule has 9 nitrogen and oxygen atoms in total. The number of ether oxygens (including phenoxy) is 1. The number of esters is 1. The third-order valence-electron chi connectivity index (χ3n) is 6.74. The average Bonchev–Trinajstić information content (AvgIpc) is 3.56. The molecule has 2 amide bonds. The van der Waals surface area contributed by atoms with Crippen molar-refractivity contribution in [2.24, 2.45) is 0 Å². The number of amides is 2. The molecule has 2 aromatic carbocycles. The van der Waals surface area contributed by atoms with Crippen LogP contribution in [-0.2, 0) is 24.2 Å². The first-order chi connectivity index (χ1) is 19.2. The summed E-state index contributed by atoms with van der Waals surface area (Å²) in [6.45, 7) is 1.99. The number of hydrogen-bond acceptors (Lipinski definition) is 8. The lowest BCUT2D eigenvalue weighted by atomic mass is 9.87. The topological polar surface area (TPSA) is 135 Å². The van der Waals surface area contributed by atoms with Crippen LogP contribution in [0.25, 0.3) is 23.0 Å². The lowest BCUT2D eigenvalue weighted by molar-refractivity contribution is -0.142. The molecule has 1 atom stereocenters. The van der Waals surface area contributed by atoms with E-state index >= 15 is 0 Å². The number of carbonyl (C=O) groups is 3. The van der Waals surface area contributed by atoms with Gasteiger partial charge >= 0.3 is 5.97 Å². The standard InChI is InChI=1S/C30H24N2O7S/c1-2-38-30(35)21-10-8-19(9-11-21)26-13-12-23(39-26)16-24-27(20-6-4-3-5-7-20)25(17-31)29(34)32(28(24)33)22-14-15-40(36,37)18-22/h3-13,16,22H,2,14-15,18H2,1H3/b24-16-/t22-/m1/s1. The molecule has 1 fully saturated rings. The highest BCUT2D eigenvalue weighted by Gasteiger charge is 2.45. The molecule has 40 heavy (non-hydrogen) atoms. The number of sulfone groups is 1. The summed E-state index contributed by atoms with van der Waals surface area (Å²) < 4.78 is 35.3. The van der Waals surface area contributed by atoms with Crippen molar-refractivity contribution >= 4 is 39.3 Å². The van der Waals surface area contributed by atoms with Crippen molar-refractivity contribution in [3.8, 4) is 17.4 Å². The monoisotopic (exact) mass is 556 g/mol. The lowest BCUT2D eigenvalue weighted by Gasteiger charge is -2.32. The van der Waals surface area contributed by atoms with Crippen LogP contribution in [0.2, 0.25) is 0 Å². The highest BCUT2D eigenvalue weighted by atomic mass is 32.2. The summed E-state index contributed by atoms with van der Waals surface area (Å²) in [5, 5.41) is 10.0. The maximum Gasteiger partial charge on any atom is 0.338 e. The highest BCUT2D eigenvalue weighted by Crippen LogP contribution is 2.37. The van der Waals surface area contributed by atoms with E-state index in [4.69, 9.17) is 9.15 Å². The van der Waals surface area contributed by atoms with Gasteiger partial charge in [-0.05, 0) is 49.2 Å². The summed E-state index contributed by atoms with van der Waals surface area (Å²) in [6, 6.07) is 19.7. The fourth-order valence-corrected chi connectivity index (χ4v) is 6.56. The number of carbonyl (C=O) groups excluding carboxylic acids is 3. The molecule has 202 valence electrons. The zero-order valence-corrected chi connectivity index (χ0v) is 22.3. The summed E-state index contributed by atoms with van der Waals surface area (Å²) in [6.07, 6.45) is 1.57. The van der Waals surface area contributed by atoms with Gasteiger partial charge in [0.2, 0.25) is 0 Å². The van der Waals surface area contributed by atoms with E-state index in [0.717, 1.165) is 4.90 Å². The van der Waals surface area contributed by atoms with Gasteiger partial charge in [-0.1, -0.05) is 42.5 Å². The first-order valence-electron chi connectivity index (χ1n) is 12.6. The highest BCUT2D eigenvalue weighted by molar-refractivity contribution is 7.91. The van der Waals surface area contributed by atoms with Gasteiger partial charge in [0, 0.05) is 11.1 Å². The van der Waals surface area contributed by atoms with Gasteiger partial charge < -0.3 is 9.15 Å². The first kappa shape index (κ1) is 26.8. The summed E-state index contributed by atoms with van der Waals surface area (Å²) in [7, 11) is -3.41. The molecule has 0 unspecified atom stereocenters. The molecule has 1 aromatic heterocycles. The Kier molecular flexibility index (Phi) is 7.24. The molecule has 5 rings (SSSR count). The SMILES string of the molecule is CCOC(=O)c1ccc(-c2ccc(/C=C3\C(=O)N([C@@H]4CCS(=O)(=O)C4)C(=O)C(C#N)=C3c3ccccc3)o2)cc1. The predicted octanol–water partition coefficient (Wildman–Crippen LogP) is 4.04. The average molecular weight is 557 g/mol. The van der Waals surface area contributed by atoms with E-state index in [9.17, 15) is 28.1 Å². The lowest BCUT2D eigenvalue weighted by Crippen LogP contribution is -2.49. The van der Waals surface area contributed by atoms with Gasteiger partial charge in [0.15, 0.2) is 9.84 Å². The molecule has 2 aliphatic heterocycles. The van der Waals surface area contributed by atoms with Crippen molar-refractivity contribution in [1.29, 1.82) is 5.26 Å². The van der Waals surface area contributed by atoms with Gasteiger partial charge in [-0.25, -0.2) is 13.2 Å². The van der Waals surface area contributed by atoms with Crippen LogP contribution in [0.15, 0.2) is 82.3 Å². The Morgan fingerprint density at radius 1 is 1.05 bits per heavy atom. The van der Waals surface area contributed by atoms with Gasteiger partial charge in [-0.3, -0.25) is 14.5 Å². The van der Waals surface area contributed by atoms with Gasteiger partial charge in [0.25, 0.3) is 11.8 Å². The van der Waals surface area contributed by atoms with Crippen LogP contribution in [0.3, 0.4) is 0 Å². The van der Waals surface area contributed by atoms with Crippen molar-refractivity contribution in [3.05, 3.63) is 94.8 Å². The van der Waals surface area contributed by atoms with E-state index in [2.05, 4.69) is 0 Å². The number of benzene rings is 2. The summed E-state index contributed by atoms with van der Waals surface area (Å²) in [5.41, 5.74) is 1.52. The Bertz CT molecular complexity index is 1710. The molecule has 0 saturated carbocycles. The zero-order valence-electron chi connectivity index (χ0n) is 21.5. The Morgan fingerprint density at radius 3 is 2.40 bits per heavy atom. The fourth-order valence-electron chi connectivity index (χ4n) is 4.86. The third-order valence-corrected chi connectivity index (χ3v) is 8.49. The summed E-state index contributed by atoms with van der Waals surface area (Å²) in [5.74, 6) is -1.67. The maximum absolute atomic E-state index is 13.8. The van der Waals surface area contributed by atoms with E-state index in [-0.39, 0.29) is 47.0 Å². The minimum Gasteiger partial charge on any atom is -0.462 e. The molecule has 1 saturated heterocycles. The summed E-state index contributed by atoms with van der Waals surface area (Å²) >= 11 is 0. The molecule has 0 bridgehead atoms. The van der Waals surface area contributed by atoms with E-state index in [1.165, 1.54) is 6.08 Å². The normalized spacial score (nSPS) is 19.6. The van der Waals surface area contributed by atoms with Crippen LogP contribution in [0.5, 0.6) is 0 Å². The van der Waals surface area contributed by atoms with Crippen molar-refractivity contribution in [2.75, 3.05) is 18.1 Å². The molecular formula is C30H24N2O7S. The van der Waals surface area contributed by atoms with E-state index in [1.807, 2.05) is 6.07 Å². The number of furan rings is 1. The van der Waals surface area contributed by atoms with Crippen LogP contribution in [0.4, 0.5) is 0 Å². The van der Waals surface area contributed by atoms with Gasteiger partial charge in [0.05, 0.1) is 35.3 Å². The second-order valence-electron chi connectivity index (χ2n) is 9.32. The zero-order chi connectivity index (χ0) is 28.4. The van der Waals surface area contributed by atoms with Crippen LogP contribution < -0.4 is 0 Å². The Morgan fingerprint density at radius 2 is 1.77 bits per heavy atom. The third kappa shape index (κ3) is 5.11. The molecule has 3 aromatic rings. The predicted molar refractivity (Wildman–Crippen MR) is 146 cm³/mol. The Hall–Kier alpha value is -4.75. The maximum atomic E-state index is 13.8. The molecule has 0 N–H and O–H groups in total. The largest absolute Gasteiger partial charge is 0.462 e. The number of nitrogens with zero attached hydrogens (tertiary/aromatic N) is 2. The van der Waals surface area contributed by atoms with Crippen LogP contribution in [0, 0.1) is 11.3 Å². The minimum absolute atomic E-state index is 0.0465. The van der Waals surface area contributed by atoms with E-state index in [1.54, 1.807) is 73.7 Å². The Balaban J connectivity index is 1.57. The number of imide groups is 1. The van der Waals surface area contributed by atoms with Gasteiger partial charge in [0.1, 0.15) is 23.2 Å². The van der Waals surface area contributed by atoms with Gasteiger partial charge in [-0.15, -0.1) is 0 Å². The number of nitriles is 1. The van der Waals surface area contributed by atoms with Crippen LogP contribution in [-0.4, -0.2) is 55.3 Å². The van der Waals surface area contributed by atoms with E-state index in [0.29, 0.717) is 22.5 Å². The first-order valence-corrected chi connectivity index (χ1v) is 14.4. The number of rotatable bonds is 6. The van der Waals surface area contributed by atoms with E-state index < -0.39 is 33.7 Å². The summed E-state index contributed by atoms with van der Waals surface area (Å²) in [4.78, 5) is 40.1. The molecule has 0 aliphatic carbocycles. The van der Waals surface area contributed by atoms with Crippen molar-refractivity contribution < 1.29 is 32.0 Å². The minimum atomic E-state index is -3.41. The molecule has 0 spiro atoms. The second-order valence-corrected chi connectivity index (χ2v) is 11.6. The molecule has 0 radical (unpaired) electrons. The Labute approximate surface area is 230 Å². The number of hydrogen-bond donors (Lipinski definition) is 0. The molecule has 3 heterocycles. The molecule has 2 aliphatic rings. The van der Waals surface area contributed by atoms with Crippen molar-refractivity contribution in [1.82, 2.24) is 4.90 Å². The van der Waals surface area contributed by atoms with Gasteiger partial charge in [-0.2, -0.15) is 5.26 Å². The quantitative estimate of drug-likeness (QED) is 0.252. The van der Waals surface area contributed by atoms with Crippen LogP contribution >= 0.6 is 0 Å². The molecule has 10 heteroatoms. The fraction of sp³-hybridized carbons (Fsp3) is 0.200. The van der Waals surface area contributed by atoms with Crippen molar-refractivity contribution in [3.63, 3.8) is 0 Å².